The molecule has 0 fully saturated rings. The summed E-state index contributed by atoms with van der Waals surface area (Å²) >= 11 is 0. The Labute approximate surface area is 329 Å². The topological polar surface area (TPSA) is 78.9 Å². The minimum Gasteiger partial charge on any atom is -0.462 e. The standard InChI is InChI=1S/C47H88O6/c1-4-7-10-13-16-19-22-25-28-31-34-37-40-46(49)52-43-44(42-51-45(48)39-36-33-30-27-24-21-18-15-12-9-6-3)53-47(50)41-38-35-32-29-26-23-20-17-14-11-8-5-2/h15,18,44H,4-14,16-17,19-43H2,1-3H3/b18-15-. The van der Waals surface area contributed by atoms with Gasteiger partial charge in [-0.2, -0.15) is 0 Å². The summed E-state index contributed by atoms with van der Waals surface area (Å²) in [5.41, 5.74) is 0. The van der Waals surface area contributed by atoms with E-state index in [0.29, 0.717) is 19.3 Å². The third-order valence-corrected chi connectivity index (χ3v) is 10.3. The van der Waals surface area contributed by atoms with E-state index in [1.165, 1.54) is 148 Å². The lowest BCUT2D eigenvalue weighted by atomic mass is 10.0. The highest BCUT2D eigenvalue weighted by Gasteiger charge is 2.19. The maximum Gasteiger partial charge on any atom is 0.306 e. The van der Waals surface area contributed by atoms with Gasteiger partial charge in [-0.05, 0) is 38.5 Å². The second kappa shape index (κ2) is 42.9. The van der Waals surface area contributed by atoms with Gasteiger partial charge in [-0.3, -0.25) is 14.4 Å². The molecule has 0 aromatic rings. The van der Waals surface area contributed by atoms with Crippen molar-refractivity contribution < 1.29 is 28.6 Å². The lowest BCUT2D eigenvalue weighted by Crippen LogP contribution is -2.30. The van der Waals surface area contributed by atoms with Gasteiger partial charge in [0, 0.05) is 19.3 Å². The summed E-state index contributed by atoms with van der Waals surface area (Å²) in [6.45, 7) is 6.60. The Kier molecular flexibility index (Phi) is 41.4. The molecule has 0 aliphatic rings. The molecule has 0 spiro atoms. The molecular formula is C47H88O6. The number of carbonyl (C=O) groups is 3. The molecule has 0 aliphatic carbocycles. The Bertz CT molecular complexity index is 824. The zero-order valence-electron chi connectivity index (χ0n) is 35.6. The molecule has 312 valence electrons. The molecule has 0 aliphatic heterocycles. The average Bonchev–Trinajstić information content (AvgIpc) is 3.15. The van der Waals surface area contributed by atoms with Crippen molar-refractivity contribution in [2.24, 2.45) is 0 Å². The van der Waals surface area contributed by atoms with Crippen LogP contribution in [0.1, 0.15) is 252 Å². The maximum atomic E-state index is 12.7. The minimum atomic E-state index is -0.764. The SMILES string of the molecule is CCCC/C=C\CCCCCCCC(=O)OCC(COC(=O)CCCCCCCCCCCCCC)OC(=O)CCCCCCCCCCCCCC. The monoisotopic (exact) mass is 749 g/mol. The van der Waals surface area contributed by atoms with E-state index in [0.717, 1.165) is 64.2 Å². The first-order chi connectivity index (χ1) is 26.0. The first-order valence-electron chi connectivity index (χ1n) is 23.2. The molecule has 0 saturated carbocycles. The Morgan fingerprint density at radius 1 is 0.358 bits per heavy atom. The van der Waals surface area contributed by atoms with E-state index >= 15 is 0 Å². The molecule has 6 nitrogen and oxygen atoms in total. The van der Waals surface area contributed by atoms with Gasteiger partial charge in [0.25, 0.3) is 0 Å². The van der Waals surface area contributed by atoms with Crippen LogP contribution in [0.4, 0.5) is 0 Å². The van der Waals surface area contributed by atoms with Gasteiger partial charge in [0.2, 0.25) is 0 Å². The lowest BCUT2D eigenvalue weighted by molar-refractivity contribution is -0.167. The van der Waals surface area contributed by atoms with Crippen LogP contribution in [0.2, 0.25) is 0 Å². The number of ether oxygens (including phenoxy) is 3. The normalized spacial score (nSPS) is 12.0. The number of carbonyl (C=O) groups excluding carboxylic acids is 3. The summed E-state index contributed by atoms with van der Waals surface area (Å²) in [5, 5.41) is 0. The lowest BCUT2D eigenvalue weighted by Gasteiger charge is -2.18. The summed E-state index contributed by atoms with van der Waals surface area (Å²) in [6, 6.07) is 0. The fourth-order valence-corrected chi connectivity index (χ4v) is 6.72. The molecule has 0 aromatic heterocycles. The van der Waals surface area contributed by atoms with Crippen LogP contribution < -0.4 is 0 Å². The molecule has 0 bridgehead atoms. The van der Waals surface area contributed by atoms with E-state index in [1.54, 1.807) is 0 Å². The number of hydrogen-bond acceptors (Lipinski definition) is 6. The number of unbranched alkanes of at least 4 members (excludes halogenated alkanes) is 29. The van der Waals surface area contributed by atoms with Gasteiger partial charge in [0.15, 0.2) is 6.10 Å². The highest BCUT2D eigenvalue weighted by atomic mass is 16.6. The number of hydrogen-bond donors (Lipinski definition) is 0. The fraction of sp³-hybridized carbons (Fsp3) is 0.894. The predicted octanol–water partition coefficient (Wildman–Crippen LogP) is 14.6. The van der Waals surface area contributed by atoms with Crippen molar-refractivity contribution in [3.05, 3.63) is 12.2 Å². The first kappa shape index (κ1) is 51.1. The molecule has 0 rings (SSSR count). The second-order valence-electron chi connectivity index (χ2n) is 15.7. The van der Waals surface area contributed by atoms with Gasteiger partial charge >= 0.3 is 17.9 Å². The van der Waals surface area contributed by atoms with Crippen molar-refractivity contribution >= 4 is 17.9 Å². The molecule has 0 N–H and O–H groups in total. The van der Waals surface area contributed by atoms with Gasteiger partial charge in [0.1, 0.15) is 13.2 Å². The highest BCUT2D eigenvalue weighted by molar-refractivity contribution is 5.71. The molecule has 6 heteroatoms. The van der Waals surface area contributed by atoms with E-state index in [9.17, 15) is 14.4 Å². The van der Waals surface area contributed by atoms with E-state index < -0.39 is 6.10 Å². The molecule has 0 aromatic carbocycles. The zero-order valence-corrected chi connectivity index (χ0v) is 35.6. The van der Waals surface area contributed by atoms with Crippen molar-refractivity contribution in [1.29, 1.82) is 0 Å². The van der Waals surface area contributed by atoms with Crippen LogP contribution >= 0.6 is 0 Å². The van der Waals surface area contributed by atoms with Gasteiger partial charge in [-0.1, -0.05) is 206 Å². The average molecular weight is 749 g/mol. The van der Waals surface area contributed by atoms with E-state index in [1.807, 2.05) is 0 Å². The molecule has 0 radical (unpaired) electrons. The third kappa shape index (κ3) is 41.2. The zero-order chi connectivity index (χ0) is 38.7. The highest BCUT2D eigenvalue weighted by Crippen LogP contribution is 2.15. The van der Waals surface area contributed by atoms with Crippen molar-refractivity contribution in [3.8, 4) is 0 Å². The first-order valence-corrected chi connectivity index (χ1v) is 23.2. The van der Waals surface area contributed by atoms with Crippen molar-refractivity contribution in [2.45, 2.75) is 258 Å². The van der Waals surface area contributed by atoms with Crippen LogP contribution in [0.3, 0.4) is 0 Å². The Hall–Kier alpha value is -1.85. The minimum absolute atomic E-state index is 0.0680. The van der Waals surface area contributed by atoms with Gasteiger partial charge in [-0.15, -0.1) is 0 Å². The summed E-state index contributed by atoms with van der Waals surface area (Å²) in [5.74, 6) is -0.870. The van der Waals surface area contributed by atoms with Crippen LogP contribution in [-0.2, 0) is 28.6 Å². The second-order valence-corrected chi connectivity index (χ2v) is 15.7. The van der Waals surface area contributed by atoms with E-state index in [4.69, 9.17) is 14.2 Å². The van der Waals surface area contributed by atoms with Crippen LogP contribution in [0, 0.1) is 0 Å². The summed E-state index contributed by atoms with van der Waals surface area (Å²) in [4.78, 5) is 37.7. The van der Waals surface area contributed by atoms with Crippen LogP contribution in [-0.4, -0.2) is 37.2 Å². The summed E-state index contributed by atoms with van der Waals surface area (Å²) in [6.07, 6.45) is 44.7. The predicted molar refractivity (Wildman–Crippen MR) is 224 cm³/mol. The molecule has 1 atom stereocenters. The van der Waals surface area contributed by atoms with Crippen LogP contribution in [0.25, 0.3) is 0 Å². The molecule has 0 saturated heterocycles. The maximum absolute atomic E-state index is 12.7. The van der Waals surface area contributed by atoms with Gasteiger partial charge in [-0.25, -0.2) is 0 Å². The van der Waals surface area contributed by atoms with E-state index in [2.05, 4.69) is 32.9 Å². The number of allylic oxidation sites excluding steroid dienone is 2. The van der Waals surface area contributed by atoms with E-state index in [-0.39, 0.29) is 31.1 Å². The Morgan fingerprint density at radius 3 is 1.00 bits per heavy atom. The largest absolute Gasteiger partial charge is 0.462 e. The Balaban J connectivity index is 4.35. The van der Waals surface area contributed by atoms with Crippen molar-refractivity contribution in [3.63, 3.8) is 0 Å². The molecule has 53 heavy (non-hydrogen) atoms. The van der Waals surface area contributed by atoms with Crippen LogP contribution in [0.15, 0.2) is 12.2 Å². The van der Waals surface area contributed by atoms with Gasteiger partial charge in [0.05, 0.1) is 0 Å². The van der Waals surface area contributed by atoms with Crippen LogP contribution in [0.5, 0.6) is 0 Å². The Morgan fingerprint density at radius 2 is 0.642 bits per heavy atom. The fourth-order valence-electron chi connectivity index (χ4n) is 6.72. The quantitative estimate of drug-likeness (QED) is 0.0268. The number of esters is 3. The summed E-state index contributed by atoms with van der Waals surface area (Å²) < 4.78 is 16.7. The molecule has 0 amide bonds. The smallest absolute Gasteiger partial charge is 0.306 e. The molecule has 1 unspecified atom stereocenters. The molecule has 0 heterocycles. The summed E-state index contributed by atoms with van der Waals surface area (Å²) in [7, 11) is 0. The van der Waals surface area contributed by atoms with Crippen molar-refractivity contribution in [1.82, 2.24) is 0 Å². The third-order valence-electron chi connectivity index (χ3n) is 10.3. The number of rotatable bonds is 42. The van der Waals surface area contributed by atoms with Gasteiger partial charge < -0.3 is 14.2 Å². The molecular weight excluding hydrogens is 661 g/mol. The van der Waals surface area contributed by atoms with Crippen molar-refractivity contribution in [2.75, 3.05) is 13.2 Å².